The van der Waals surface area contributed by atoms with Crippen molar-refractivity contribution in [2.75, 3.05) is 0 Å². The molecule has 0 amide bonds. The molecule has 0 rings (SSSR count). The number of nitrogens with two attached hydrogens (primary N) is 1. The normalized spacial score (nSPS) is 8.45. The highest BCUT2D eigenvalue weighted by molar-refractivity contribution is 4.90. The summed E-state index contributed by atoms with van der Waals surface area (Å²) in [5.74, 6) is -2.51. The lowest BCUT2D eigenvalue weighted by Crippen LogP contribution is -2.25. The second-order valence-corrected chi connectivity index (χ2v) is 1.36. The summed E-state index contributed by atoms with van der Waals surface area (Å²) in [6.45, 7) is 0. The zero-order valence-electron chi connectivity index (χ0n) is 5.05. The molecular formula is C2H4N4O5. The minimum absolute atomic E-state index is 1.01. The van der Waals surface area contributed by atoms with Crippen molar-refractivity contribution in [1.82, 2.24) is 5.48 Å². The van der Waals surface area contributed by atoms with E-state index in [-0.39, 0.29) is 0 Å². The van der Waals surface area contributed by atoms with E-state index in [2.05, 4.69) is 5.73 Å². The molecule has 0 unspecified atom stereocenters. The molecule has 0 aromatic carbocycles. The lowest BCUT2D eigenvalue weighted by molar-refractivity contribution is -0.618. The van der Waals surface area contributed by atoms with Crippen LogP contribution in [0.2, 0.25) is 0 Å². The highest BCUT2D eigenvalue weighted by Crippen LogP contribution is 1.97. The molecule has 0 fully saturated rings. The van der Waals surface area contributed by atoms with Crippen molar-refractivity contribution >= 4 is 0 Å². The van der Waals surface area contributed by atoms with Crippen molar-refractivity contribution in [2.24, 2.45) is 5.73 Å². The van der Waals surface area contributed by atoms with Crippen molar-refractivity contribution in [1.29, 1.82) is 0 Å². The summed E-state index contributed by atoms with van der Waals surface area (Å²) in [6, 6.07) is 0. The maximum absolute atomic E-state index is 9.82. The Labute approximate surface area is 59.4 Å². The second kappa shape index (κ2) is 3.31. The quantitative estimate of drug-likeness (QED) is 0.343. The van der Waals surface area contributed by atoms with Gasteiger partial charge in [-0.05, 0) is 0 Å². The first-order chi connectivity index (χ1) is 5.00. The van der Waals surface area contributed by atoms with Crippen LogP contribution in [0.1, 0.15) is 0 Å². The number of rotatable bonds is 3. The fraction of sp³-hybridized carbons (Fsp3) is 0. The van der Waals surface area contributed by atoms with Gasteiger partial charge in [0.2, 0.25) is 0 Å². The Balaban J connectivity index is 4.88. The minimum atomic E-state index is -1.49. The molecule has 0 atom stereocenters. The Bertz CT molecular complexity index is 205. The molecule has 0 saturated carbocycles. The number of hydrogen-bond acceptors (Lipinski definition) is 7. The first kappa shape index (κ1) is 9.10. The van der Waals surface area contributed by atoms with Crippen LogP contribution in [0.4, 0.5) is 0 Å². The van der Waals surface area contributed by atoms with Gasteiger partial charge in [-0.1, -0.05) is 0 Å². The molecule has 0 aliphatic heterocycles. The summed E-state index contributed by atoms with van der Waals surface area (Å²) in [5.41, 5.74) is 5.76. The largest absolute Gasteiger partial charge is 0.601 e. The fourth-order valence-electron chi connectivity index (χ4n) is 0.313. The molecule has 0 aromatic rings. The van der Waals surface area contributed by atoms with Gasteiger partial charge in [-0.15, -0.1) is 0 Å². The molecule has 9 nitrogen and oxygen atoms in total. The highest BCUT2D eigenvalue weighted by atomic mass is 16.7. The van der Waals surface area contributed by atoms with E-state index in [9.17, 15) is 20.2 Å². The van der Waals surface area contributed by atoms with Crippen LogP contribution < -0.4 is 11.2 Å². The molecule has 62 valence electrons. The minimum Gasteiger partial charge on any atom is -0.372 e. The lowest BCUT2D eigenvalue weighted by atomic mass is 10.7. The highest BCUT2D eigenvalue weighted by Gasteiger charge is 2.30. The van der Waals surface area contributed by atoms with Gasteiger partial charge in [-0.2, -0.15) is 0 Å². The van der Waals surface area contributed by atoms with Crippen molar-refractivity contribution in [2.45, 2.75) is 0 Å². The van der Waals surface area contributed by atoms with Crippen LogP contribution in [0, 0.1) is 20.2 Å². The van der Waals surface area contributed by atoms with Crippen LogP contribution in [0.25, 0.3) is 0 Å². The smallest absolute Gasteiger partial charge is 0.372 e. The average molecular weight is 164 g/mol. The van der Waals surface area contributed by atoms with Crippen molar-refractivity contribution in [3.8, 4) is 0 Å². The Morgan fingerprint density at radius 3 is 1.82 bits per heavy atom. The third-order valence-electron chi connectivity index (χ3n) is 0.707. The molecule has 0 heterocycles. The number of nitrogens with one attached hydrogen (secondary N) is 1. The Morgan fingerprint density at radius 2 is 1.73 bits per heavy atom. The van der Waals surface area contributed by atoms with Gasteiger partial charge in [0, 0.05) is 0 Å². The molecule has 0 aliphatic carbocycles. The molecule has 0 radical (unpaired) electrons. The van der Waals surface area contributed by atoms with Gasteiger partial charge >= 0.3 is 5.82 Å². The van der Waals surface area contributed by atoms with E-state index in [0.717, 1.165) is 5.48 Å². The van der Waals surface area contributed by atoms with Gasteiger partial charge in [0.05, 0.1) is 0 Å². The molecule has 0 spiro atoms. The standard InChI is InChI=1S/C2H4N4O5/c3-1(4-7)2(5(8)9)6(10)11/h4,7H,3H2. The van der Waals surface area contributed by atoms with Crippen molar-refractivity contribution in [3.05, 3.63) is 31.9 Å². The van der Waals surface area contributed by atoms with Crippen molar-refractivity contribution < 1.29 is 15.1 Å². The molecule has 0 aliphatic rings. The van der Waals surface area contributed by atoms with E-state index in [1.165, 1.54) is 0 Å². The van der Waals surface area contributed by atoms with Crippen LogP contribution in [-0.2, 0) is 0 Å². The molecule has 0 aromatic heterocycles. The number of nitro groups is 2. The fourth-order valence-corrected chi connectivity index (χ4v) is 0.313. The van der Waals surface area contributed by atoms with E-state index in [4.69, 9.17) is 5.21 Å². The van der Waals surface area contributed by atoms with E-state index in [1.807, 2.05) is 0 Å². The van der Waals surface area contributed by atoms with Crippen LogP contribution in [-0.4, -0.2) is 15.1 Å². The van der Waals surface area contributed by atoms with Crippen LogP contribution in [0.5, 0.6) is 0 Å². The van der Waals surface area contributed by atoms with E-state index in [1.54, 1.807) is 0 Å². The topological polar surface area (TPSA) is 145 Å². The number of nitrogens with zero attached hydrogens (tertiary/aromatic N) is 2. The Hall–Kier alpha value is -1.90. The maximum atomic E-state index is 9.82. The third-order valence-corrected chi connectivity index (χ3v) is 0.707. The molecule has 0 saturated heterocycles. The summed E-state index contributed by atoms with van der Waals surface area (Å²) in [4.78, 5) is 17.0. The molecule has 4 N–H and O–H groups in total. The van der Waals surface area contributed by atoms with Crippen molar-refractivity contribution in [3.63, 3.8) is 0 Å². The van der Waals surface area contributed by atoms with Gasteiger partial charge in [0.25, 0.3) is 5.82 Å². The molecular weight excluding hydrogens is 160 g/mol. The molecule has 0 bridgehead atoms. The van der Waals surface area contributed by atoms with Gasteiger partial charge in [0.1, 0.15) is 9.85 Å². The Morgan fingerprint density at radius 1 is 1.36 bits per heavy atom. The van der Waals surface area contributed by atoms with Gasteiger partial charge in [0.15, 0.2) is 0 Å². The molecule has 11 heavy (non-hydrogen) atoms. The van der Waals surface area contributed by atoms with Crippen LogP contribution >= 0.6 is 0 Å². The second-order valence-electron chi connectivity index (χ2n) is 1.36. The predicted octanol–water partition coefficient (Wildman–Crippen LogP) is -1.40. The van der Waals surface area contributed by atoms with E-state index in [0.29, 0.717) is 0 Å². The van der Waals surface area contributed by atoms with Gasteiger partial charge in [-0.25, -0.2) is 5.48 Å². The predicted molar refractivity (Wildman–Crippen MR) is 30.1 cm³/mol. The van der Waals surface area contributed by atoms with Crippen LogP contribution in [0.3, 0.4) is 0 Å². The summed E-state index contributed by atoms with van der Waals surface area (Å²) in [6.07, 6.45) is 0. The monoisotopic (exact) mass is 164 g/mol. The Kier molecular flexibility index (Phi) is 2.74. The SMILES string of the molecule is NC(NO)=C([N+](=O)[O-])[N+](=O)[O-]. The number of hydrogen-bond donors (Lipinski definition) is 3. The summed E-state index contributed by atoms with van der Waals surface area (Å²) in [5, 5.41) is 27.6. The zero-order valence-corrected chi connectivity index (χ0v) is 5.05. The zero-order chi connectivity index (χ0) is 9.02. The van der Waals surface area contributed by atoms with Gasteiger partial charge in [-0.3, -0.25) is 25.4 Å². The number of hydroxylamine groups is 1. The van der Waals surface area contributed by atoms with Gasteiger partial charge < -0.3 is 5.73 Å². The first-order valence-corrected chi connectivity index (χ1v) is 2.19. The first-order valence-electron chi connectivity index (χ1n) is 2.19. The lowest BCUT2D eigenvalue weighted by Gasteiger charge is -1.92. The summed E-state index contributed by atoms with van der Waals surface area (Å²) in [7, 11) is 0. The van der Waals surface area contributed by atoms with E-state index < -0.39 is 21.5 Å². The third kappa shape index (κ3) is 2.06. The molecule has 9 heteroatoms. The summed E-state index contributed by atoms with van der Waals surface area (Å²) >= 11 is 0. The van der Waals surface area contributed by atoms with Crippen LogP contribution in [0.15, 0.2) is 11.6 Å². The maximum Gasteiger partial charge on any atom is 0.601 e. The summed E-state index contributed by atoms with van der Waals surface area (Å²) < 4.78 is 0. The average Bonchev–Trinajstić information content (AvgIpc) is 1.85. The van der Waals surface area contributed by atoms with E-state index >= 15 is 0 Å².